The number of anilines is 1. The van der Waals surface area contributed by atoms with Crippen LogP contribution in [-0.2, 0) is 13.0 Å². The Morgan fingerprint density at radius 1 is 0.923 bits per heavy atom. The number of furan rings is 1. The zero-order valence-electron chi connectivity index (χ0n) is 22.3. The predicted molar refractivity (Wildman–Crippen MR) is 155 cm³/mol. The van der Waals surface area contributed by atoms with Crippen LogP contribution in [0.1, 0.15) is 63.1 Å². The van der Waals surface area contributed by atoms with Crippen molar-refractivity contribution in [2.75, 3.05) is 5.32 Å². The second-order valence-corrected chi connectivity index (χ2v) is 10.0. The lowest BCUT2D eigenvalue weighted by molar-refractivity contribution is 0.0953. The standard InChI is InChI=1S/C32H30N4O3/c1-4-36-26-10-6-5-8-23(26)24-18-22(16-17-27(24)36)33-32(38)30-20(3)29-25(9-7-11-28(29)39-30)34-35-31(37)21-14-12-19(2)13-15-21/h5-6,8,10,12-18H,4,7,9,11H2,1-3H3,(H,33,38)(H,35,37)/b34-25+. The third-order valence-electron chi connectivity index (χ3n) is 7.48. The van der Waals surface area contributed by atoms with Crippen LogP contribution in [0, 0.1) is 13.8 Å². The zero-order valence-corrected chi connectivity index (χ0v) is 22.3. The number of benzene rings is 3. The lowest BCUT2D eigenvalue weighted by Gasteiger charge is -2.13. The first kappa shape index (κ1) is 24.7. The van der Waals surface area contributed by atoms with Crippen molar-refractivity contribution in [2.45, 2.75) is 46.6 Å². The minimum absolute atomic E-state index is 0.270. The molecule has 7 heteroatoms. The molecule has 6 rings (SSSR count). The Morgan fingerprint density at radius 3 is 2.49 bits per heavy atom. The summed E-state index contributed by atoms with van der Waals surface area (Å²) >= 11 is 0. The summed E-state index contributed by atoms with van der Waals surface area (Å²) in [6, 6.07) is 21.7. The minimum Gasteiger partial charge on any atom is -0.455 e. The quantitative estimate of drug-likeness (QED) is 0.252. The van der Waals surface area contributed by atoms with Crippen LogP contribution in [0.3, 0.4) is 0 Å². The Kier molecular flexibility index (Phi) is 6.27. The molecule has 5 aromatic rings. The molecule has 2 N–H and O–H groups in total. The maximum atomic E-state index is 13.4. The van der Waals surface area contributed by atoms with Crippen LogP contribution in [0.4, 0.5) is 5.69 Å². The van der Waals surface area contributed by atoms with Gasteiger partial charge in [0.25, 0.3) is 11.8 Å². The van der Waals surface area contributed by atoms with Gasteiger partial charge in [-0.15, -0.1) is 0 Å². The third-order valence-corrected chi connectivity index (χ3v) is 7.48. The van der Waals surface area contributed by atoms with Gasteiger partial charge in [-0.25, -0.2) is 5.43 Å². The zero-order chi connectivity index (χ0) is 27.1. The van der Waals surface area contributed by atoms with Gasteiger partial charge in [-0.3, -0.25) is 9.59 Å². The van der Waals surface area contributed by atoms with Gasteiger partial charge in [0.2, 0.25) is 0 Å². The van der Waals surface area contributed by atoms with E-state index < -0.39 is 0 Å². The second-order valence-electron chi connectivity index (χ2n) is 10.0. The minimum atomic E-state index is -0.302. The second kappa shape index (κ2) is 9.91. The molecule has 1 aliphatic rings. The lowest BCUT2D eigenvalue weighted by Crippen LogP contribution is -2.22. The number of aromatic nitrogens is 1. The van der Waals surface area contributed by atoms with Crippen molar-refractivity contribution in [2.24, 2.45) is 5.10 Å². The van der Waals surface area contributed by atoms with Crippen molar-refractivity contribution in [3.8, 4) is 0 Å². The van der Waals surface area contributed by atoms with E-state index in [1.54, 1.807) is 12.1 Å². The van der Waals surface area contributed by atoms with Crippen LogP contribution in [0.15, 0.2) is 76.2 Å². The monoisotopic (exact) mass is 518 g/mol. The highest BCUT2D eigenvalue weighted by molar-refractivity contribution is 6.12. The molecule has 0 radical (unpaired) electrons. The SMILES string of the molecule is CCn1c2ccccc2c2cc(NC(=O)c3oc4c(c3C)/C(=N/NC(=O)c3ccc(C)cc3)CCC4)ccc21. The first-order valence-electron chi connectivity index (χ1n) is 13.3. The third kappa shape index (κ3) is 4.40. The van der Waals surface area contributed by atoms with Gasteiger partial charge in [0, 0.05) is 57.1 Å². The van der Waals surface area contributed by atoms with E-state index in [1.165, 1.54) is 5.52 Å². The molecular formula is C32H30N4O3. The number of hydrogen-bond acceptors (Lipinski definition) is 4. The normalized spacial score (nSPS) is 14.1. The van der Waals surface area contributed by atoms with E-state index in [2.05, 4.69) is 45.5 Å². The van der Waals surface area contributed by atoms with Crippen molar-refractivity contribution in [1.29, 1.82) is 0 Å². The van der Waals surface area contributed by atoms with Gasteiger partial charge in [0.05, 0.1) is 5.71 Å². The largest absolute Gasteiger partial charge is 0.455 e. The molecule has 0 bridgehead atoms. The van der Waals surface area contributed by atoms with Gasteiger partial charge in [-0.05, 0) is 70.0 Å². The van der Waals surface area contributed by atoms with E-state index in [-0.39, 0.29) is 17.6 Å². The number of hydrazone groups is 1. The highest BCUT2D eigenvalue weighted by atomic mass is 16.4. The molecule has 3 aromatic carbocycles. The number of aryl methyl sites for hydroxylation is 3. The summed E-state index contributed by atoms with van der Waals surface area (Å²) in [5.41, 5.74) is 9.60. The fraction of sp³-hybridized carbons (Fsp3) is 0.219. The molecule has 2 heterocycles. The molecule has 39 heavy (non-hydrogen) atoms. The van der Waals surface area contributed by atoms with E-state index >= 15 is 0 Å². The number of para-hydroxylation sites is 1. The maximum absolute atomic E-state index is 13.4. The fourth-order valence-electron chi connectivity index (χ4n) is 5.54. The average Bonchev–Trinajstić information content (AvgIpc) is 3.46. The maximum Gasteiger partial charge on any atom is 0.291 e. The summed E-state index contributed by atoms with van der Waals surface area (Å²) in [5.74, 6) is 0.432. The molecule has 2 aromatic heterocycles. The Hall–Kier alpha value is -4.65. The Morgan fingerprint density at radius 2 is 1.69 bits per heavy atom. The predicted octanol–water partition coefficient (Wildman–Crippen LogP) is 6.75. The van der Waals surface area contributed by atoms with E-state index in [4.69, 9.17) is 4.42 Å². The molecule has 196 valence electrons. The molecule has 2 amide bonds. The average molecular weight is 519 g/mol. The first-order valence-corrected chi connectivity index (χ1v) is 13.3. The Balaban J connectivity index is 1.27. The fourth-order valence-corrected chi connectivity index (χ4v) is 5.54. The summed E-state index contributed by atoms with van der Waals surface area (Å²) in [5, 5.41) is 9.72. The van der Waals surface area contributed by atoms with E-state index in [9.17, 15) is 9.59 Å². The number of carbonyl (C=O) groups is 2. The molecule has 0 fully saturated rings. The van der Waals surface area contributed by atoms with Crippen LogP contribution in [0.2, 0.25) is 0 Å². The smallest absolute Gasteiger partial charge is 0.291 e. The van der Waals surface area contributed by atoms with E-state index in [0.717, 1.165) is 63.8 Å². The van der Waals surface area contributed by atoms with Crippen molar-refractivity contribution in [1.82, 2.24) is 9.99 Å². The number of amides is 2. The molecule has 0 unspecified atom stereocenters. The van der Waals surface area contributed by atoms with Gasteiger partial charge >= 0.3 is 0 Å². The molecule has 1 aliphatic carbocycles. The highest BCUT2D eigenvalue weighted by Gasteiger charge is 2.28. The van der Waals surface area contributed by atoms with E-state index in [0.29, 0.717) is 17.7 Å². The van der Waals surface area contributed by atoms with Crippen LogP contribution >= 0.6 is 0 Å². The highest BCUT2D eigenvalue weighted by Crippen LogP contribution is 2.33. The van der Waals surface area contributed by atoms with Crippen LogP contribution in [0.5, 0.6) is 0 Å². The number of fused-ring (bicyclic) bond motifs is 4. The van der Waals surface area contributed by atoms with Crippen molar-refractivity contribution in [3.63, 3.8) is 0 Å². The first-order chi connectivity index (χ1) is 18.9. The summed E-state index contributed by atoms with van der Waals surface area (Å²) in [7, 11) is 0. The number of nitrogens with one attached hydrogen (secondary N) is 2. The van der Waals surface area contributed by atoms with Gasteiger partial charge in [0.1, 0.15) is 5.76 Å². The molecule has 7 nitrogen and oxygen atoms in total. The summed E-state index contributed by atoms with van der Waals surface area (Å²) in [6.45, 7) is 6.85. The van der Waals surface area contributed by atoms with Crippen molar-refractivity contribution in [3.05, 3.63) is 101 Å². The van der Waals surface area contributed by atoms with E-state index in [1.807, 2.05) is 50.2 Å². The van der Waals surface area contributed by atoms with Crippen LogP contribution in [-0.4, -0.2) is 22.1 Å². The number of rotatable bonds is 5. The Bertz CT molecular complexity index is 1770. The molecule has 0 aliphatic heterocycles. The number of carbonyl (C=O) groups excluding carboxylic acids is 2. The van der Waals surface area contributed by atoms with Crippen LogP contribution < -0.4 is 10.7 Å². The van der Waals surface area contributed by atoms with Gasteiger partial charge in [0.15, 0.2) is 5.76 Å². The summed E-state index contributed by atoms with van der Waals surface area (Å²) < 4.78 is 8.35. The van der Waals surface area contributed by atoms with Gasteiger partial charge < -0.3 is 14.3 Å². The molecule has 0 saturated carbocycles. The lowest BCUT2D eigenvalue weighted by atomic mass is 9.93. The number of nitrogens with zero attached hydrogens (tertiary/aromatic N) is 2. The molecule has 0 spiro atoms. The summed E-state index contributed by atoms with van der Waals surface area (Å²) in [4.78, 5) is 26.0. The Labute approximate surface area is 226 Å². The van der Waals surface area contributed by atoms with Gasteiger partial charge in [-0.1, -0.05) is 35.9 Å². The molecular weight excluding hydrogens is 488 g/mol. The topological polar surface area (TPSA) is 88.6 Å². The molecule has 0 saturated heterocycles. The van der Waals surface area contributed by atoms with Crippen molar-refractivity contribution < 1.29 is 14.0 Å². The number of hydrogen-bond donors (Lipinski definition) is 2. The van der Waals surface area contributed by atoms with Crippen LogP contribution in [0.25, 0.3) is 21.8 Å². The summed E-state index contributed by atoms with van der Waals surface area (Å²) in [6.07, 6.45) is 2.25. The van der Waals surface area contributed by atoms with Crippen molar-refractivity contribution >= 4 is 45.0 Å². The molecule has 0 atom stereocenters. The van der Waals surface area contributed by atoms with Gasteiger partial charge in [-0.2, -0.15) is 5.10 Å².